The molecule has 23 heavy (non-hydrogen) atoms. The minimum absolute atomic E-state index is 0.0634. The first-order valence-electron chi connectivity index (χ1n) is 7.41. The van der Waals surface area contributed by atoms with E-state index in [1.807, 2.05) is 25.1 Å². The summed E-state index contributed by atoms with van der Waals surface area (Å²) in [5, 5.41) is 9.91. The van der Waals surface area contributed by atoms with E-state index in [-0.39, 0.29) is 11.8 Å². The summed E-state index contributed by atoms with van der Waals surface area (Å²) in [6, 6.07) is 5.70. The molecule has 0 radical (unpaired) electrons. The van der Waals surface area contributed by atoms with Crippen molar-refractivity contribution in [1.82, 2.24) is 10.2 Å². The van der Waals surface area contributed by atoms with Crippen LogP contribution in [0, 0.1) is 6.92 Å². The monoisotopic (exact) mass is 313 g/mol. The standard InChI is InChI=1S/C17H19N3O3/c1-4-8-23-16-11(6-5-7-13(16)22-3)12-9-14(21)18-17-15(12)10(2)19-20-17/h4-7,12H,1,8-9H2,2-3H3,(H2,18,19,20,21)/t12-/m1/s1. The molecule has 120 valence electrons. The molecule has 0 unspecified atom stereocenters. The molecule has 6 nitrogen and oxygen atoms in total. The number of amides is 1. The van der Waals surface area contributed by atoms with E-state index in [0.717, 1.165) is 16.8 Å². The molecule has 2 N–H and O–H groups in total. The number of para-hydroxylation sites is 1. The second-order valence-electron chi connectivity index (χ2n) is 5.39. The van der Waals surface area contributed by atoms with Gasteiger partial charge in [-0.2, -0.15) is 5.10 Å². The van der Waals surface area contributed by atoms with Gasteiger partial charge in [-0.25, -0.2) is 0 Å². The molecule has 0 saturated carbocycles. The predicted molar refractivity (Wildman–Crippen MR) is 87.1 cm³/mol. The van der Waals surface area contributed by atoms with E-state index in [1.165, 1.54) is 0 Å². The van der Waals surface area contributed by atoms with E-state index in [0.29, 0.717) is 30.3 Å². The summed E-state index contributed by atoms with van der Waals surface area (Å²) in [4.78, 5) is 12.0. The molecule has 6 heteroatoms. The molecule has 0 spiro atoms. The first-order chi connectivity index (χ1) is 11.2. The number of fused-ring (bicyclic) bond motifs is 1. The second-order valence-corrected chi connectivity index (χ2v) is 5.39. The summed E-state index contributed by atoms with van der Waals surface area (Å²) in [6.07, 6.45) is 2.02. The van der Waals surface area contributed by atoms with Crippen LogP contribution >= 0.6 is 0 Å². The third-order valence-corrected chi connectivity index (χ3v) is 3.94. The molecule has 1 aliphatic rings. The molecule has 3 rings (SSSR count). The molecule has 1 aliphatic heterocycles. The van der Waals surface area contributed by atoms with Gasteiger partial charge < -0.3 is 14.8 Å². The number of aromatic nitrogens is 2. The maximum atomic E-state index is 12.0. The summed E-state index contributed by atoms with van der Waals surface area (Å²) in [7, 11) is 1.60. The van der Waals surface area contributed by atoms with E-state index in [9.17, 15) is 4.79 Å². The maximum Gasteiger partial charge on any atom is 0.226 e. The third kappa shape index (κ3) is 2.67. The van der Waals surface area contributed by atoms with Crippen LogP contribution in [0.2, 0.25) is 0 Å². The number of carbonyl (C=O) groups excluding carboxylic acids is 1. The first kappa shape index (κ1) is 15.1. The van der Waals surface area contributed by atoms with Crippen LogP contribution in [0.5, 0.6) is 11.5 Å². The Morgan fingerprint density at radius 3 is 3.04 bits per heavy atom. The van der Waals surface area contributed by atoms with E-state index in [2.05, 4.69) is 22.1 Å². The Morgan fingerprint density at radius 2 is 2.30 bits per heavy atom. The maximum absolute atomic E-state index is 12.0. The molecule has 0 fully saturated rings. The van der Waals surface area contributed by atoms with Crippen LogP contribution < -0.4 is 14.8 Å². The molecular weight excluding hydrogens is 294 g/mol. The Morgan fingerprint density at radius 1 is 1.48 bits per heavy atom. The van der Waals surface area contributed by atoms with E-state index < -0.39 is 0 Å². The topological polar surface area (TPSA) is 76.2 Å². The fourth-order valence-electron chi connectivity index (χ4n) is 2.96. The number of H-pyrrole nitrogens is 1. The highest BCUT2D eigenvalue weighted by Crippen LogP contribution is 2.44. The van der Waals surface area contributed by atoms with Crippen molar-refractivity contribution in [2.45, 2.75) is 19.3 Å². The highest BCUT2D eigenvalue weighted by Gasteiger charge is 2.33. The fourth-order valence-corrected chi connectivity index (χ4v) is 2.96. The van der Waals surface area contributed by atoms with Crippen molar-refractivity contribution >= 4 is 11.7 Å². The molecule has 0 saturated heterocycles. The van der Waals surface area contributed by atoms with E-state index in [4.69, 9.17) is 9.47 Å². The summed E-state index contributed by atoms with van der Waals surface area (Å²) in [6.45, 7) is 5.99. The lowest BCUT2D eigenvalue weighted by Crippen LogP contribution is -2.24. The lowest BCUT2D eigenvalue weighted by molar-refractivity contribution is -0.116. The van der Waals surface area contributed by atoms with Crippen molar-refractivity contribution in [3.8, 4) is 11.5 Å². The Kier molecular flexibility index (Phi) is 4.06. The van der Waals surface area contributed by atoms with E-state index >= 15 is 0 Å². The number of hydrogen-bond acceptors (Lipinski definition) is 4. The Labute approximate surface area is 134 Å². The van der Waals surface area contributed by atoms with Gasteiger partial charge in [-0.15, -0.1) is 0 Å². The zero-order chi connectivity index (χ0) is 16.4. The van der Waals surface area contributed by atoms with Gasteiger partial charge in [0.15, 0.2) is 17.3 Å². The van der Waals surface area contributed by atoms with Crippen molar-refractivity contribution in [2.75, 3.05) is 19.0 Å². The van der Waals surface area contributed by atoms with Crippen LogP contribution in [-0.2, 0) is 4.79 Å². The summed E-state index contributed by atoms with van der Waals surface area (Å²) < 4.78 is 11.2. The number of aromatic amines is 1. The minimum Gasteiger partial charge on any atom is -0.493 e. The normalized spacial score (nSPS) is 16.4. The first-order valence-corrected chi connectivity index (χ1v) is 7.41. The van der Waals surface area contributed by atoms with Gasteiger partial charge >= 0.3 is 0 Å². The average molecular weight is 313 g/mol. The minimum atomic E-state index is -0.132. The predicted octanol–water partition coefficient (Wildman–Crippen LogP) is 2.77. The molecule has 2 heterocycles. The van der Waals surface area contributed by atoms with Gasteiger partial charge in [0.25, 0.3) is 0 Å². The van der Waals surface area contributed by atoms with Gasteiger partial charge in [0.1, 0.15) is 6.61 Å². The quantitative estimate of drug-likeness (QED) is 0.832. The van der Waals surface area contributed by atoms with Crippen molar-refractivity contribution < 1.29 is 14.3 Å². The second kappa shape index (κ2) is 6.16. The largest absolute Gasteiger partial charge is 0.493 e. The van der Waals surface area contributed by atoms with Gasteiger partial charge in [0.2, 0.25) is 5.91 Å². The molecule has 1 aromatic heterocycles. The number of rotatable bonds is 5. The van der Waals surface area contributed by atoms with Crippen LogP contribution in [-0.4, -0.2) is 29.8 Å². The van der Waals surface area contributed by atoms with Gasteiger partial charge in [-0.3, -0.25) is 9.89 Å². The zero-order valence-electron chi connectivity index (χ0n) is 13.2. The third-order valence-electron chi connectivity index (χ3n) is 3.94. The van der Waals surface area contributed by atoms with Crippen LogP contribution in [0.3, 0.4) is 0 Å². The van der Waals surface area contributed by atoms with Crippen LogP contribution in [0.25, 0.3) is 0 Å². The summed E-state index contributed by atoms with van der Waals surface area (Å²) in [5.74, 6) is 1.67. The van der Waals surface area contributed by atoms with Crippen LogP contribution in [0.15, 0.2) is 30.9 Å². The molecule has 0 aliphatic carbocycles. The Bertz CT molecular complexity index is 752. The van der Waals surface area contributed by atoms with Crippen molar-refractivity contribution in [1.29, 1.82) is 0 Å². The van der Waals surface area contributed by atoms with Gasteiger partial charge in [0.05, 0.1) is 7.11 Å². The number of benzene rings is 1. The van der Waals surface area contributed by atoms with E-state index in [1.54, 1.807) is 13.2 Å². The van der Waals surface area contributed by atoms with Gasteiger partial charge in [0, 0.05) is 29.2 Å². The van der Waals surface area contributed by atoms with Gasteiger partial charge in [-0.1, -0.05) is 24.8 Å². The van der Waals surface area contributed by atoms with Crippen LogP contribution in [0.4, 0.5) is 5.82 Å². The number of methoxy groups -OCH3 is 1. The molecule has 2 aromatic rings. The smallest absolute Gasteiger partial charge is 0.226 e. The number of nitrogens with zero attached hydrogens (tertiary/aromatic N) is 1. The summed E-state index contributed by atoms with van der Waals surface area (Å²) >= 11 is 0. The number of aryl methyl sites for hydroxylation is 1. The van der Waals surface area contributed by atoms with Crippen molar-refractivity contribution in [2.24, 2.45) is 0 Å². The lowest BCUT2D eigenvalue weighted by Gasteiger charge is -2.25. The van der Waals surface area contributed by atoms with Crippen molar-refractivity contribution in [3.05, 3.63) is 47.7 Å². The fraction of sp³-hybridized carbons (Fsp3) is 0.294. The average Bonchev–Trinajstić information content (AvgIpc) is 2.92. The SMILES string of the molecule is C=CCOc1c(OC)cccc1[C@H]1CC(=O)Nc2n[nH]c(C)c21. The van der Waals surface area contributed by atoms with Crippen molar-refractivity contribution in [3.63, 3.8) is 0 Å². The molecular formula is C17H19N3O3. The van der Waals surface area contributed by atoms with Gasteiger partial charge in [-0.05, 0) is 13.0 Å². The lowest BCUT2D eigenvalue weighted by atomic mass is 9.85. The highest BCUT2D eigenvalue weighted by atomic mass is 16.5. The van der Waals surface area contributed by atoms with Crippen LogP contribution in [0.1, 0.15) is 29.2 Å². The number of hydrogen-bond donors (Lipinski definition) is 2. The molecule has 1 aromatic carbocycles. The highest BCUT2D eigenvalue weighted by molar-refractivity contribution is 5.94. The number of anilines is 1. The molecule has 1 atom stereocenters. The Hall–Kier alpha value is -2.76. The molecule has 0 bridgehead atoms. The Balaban J connectivity index is 2.12. The molecule has 1 amide bonds. The number of carbonyl (C=O) groups is 1. The number of nitrogens with one attached hydrogen (secondary N) is 2. The number of ether oxygens (including phenoxy) is 2. The zero-order valence-corrected chi connectivity index (χ0v) is 13.2. The summed E-state index contributed by atoms with van der Waals surface area (Å²) in [5.41, 5.74) is 2.83.